The first-order chi connectivity index (χ1) is 8.81. The van der Waals surface area contributed by atoms with Crippen molar-refractivity contribution in [1.82, 2.24) is 4.90 Å². The summed E-state index contributed by atoms with van der Waals surface area (Å²) >= 11 is 1.33. The van der Waals surface area contributed by atoms with Crippen molar-refractivity contribution in [1.29, 1.82) is 0 Å². The molecule has 0 aliphatic carbocycles. The maximum absolute atomic E-state index is 13.4. The van der Waals surface area contributed by atoms with Crippen molar-refractivity contribution in [3.05, 3.63) is 57.0 Å². The molecule has 1 aromatic carbocycles. The second kappa shape index (κ2) is 3.90. The first-order valence-electron chi connectivity index (χ1n) is 6.40. The lowest BCUT2D eigenvalue weighted by molar-refractivity contribution is 0.162. The molecular weight excluding hydrogens is 245 g/mol. The molecule has 92 valence electrons. The molecule has 1 atom stereocenters. The quantitative estimate of drug-likeness (QED) is 0.699. The summed E-state index contributed by atoms with van der Waals surface area (Å²) in [5.74, 6) is 0. The van der Waals surface area contributed by atoms with E-state index < -0.39 is 0 Å². The zero-order chi connectivity index (χ0) is 12.1. The molecule has 2 aromatic rings. The molecule has 4 rings (SSSR count). The molecule has 0 amide bonds. The van der Waals surface area contributed by atoms with Crippen molar-refractivity contribution in [2.45, 2.75) is 25.4 Å². The lowest BCUT2D eigenvalue weighted by Gasteiger charge is -2.40. The van der Waals surface area contributed by atoms with Gasteiger partial charge in [0.25, 0.3) is 0 Å². The Hall–Kier alpha value is -1.19. The summed E-state index contributed by atoms with van der Waals surface area (Å²) in [6, 6.07) is 10.8. The number of benzene rings is 1. The molecule has 0 N–H and O–H groups in total. The predicted molar refractivity (Wildman–Crippen MR) is 71.3 cm³/mol. The molecule has 2 aliphatic heterocycles. The minimum atomic E-state index is -0.0271. The van der Waals surface area contributed by atoms with Gasteiger partial charge in [0.2, 0.25) is 0 Å². The molecule has 1 aromatic heterocycles. The van der Waals surface area contributed by atoms with Crippen molar-refractivity contribution in [2.24, 2.45) is 0 Å². The summed E-state index contributed by atoms with van der Waals surface area (Å²) in [7, 11) is 0. The normalized spacial score (nSPS) is 22.2. The molecule has 0 radical (unpaired) electrons. The van der Waals surface area contributed by atoms with E-state index in [4.69, 9.17) is 0 Å². The molecule has 0 saturated heterocycles. The molecule has 3 heterocycles. The van der Waals surface area contributed by atoms with Crippen LogP contribution >= 0.6 is 11.3 Å². The van der Waals surface area contributed by atoms with Crippen molar-refractivity contribution < 1.29 is 4.39 Å². The smallest absolute Gasteiger partial charge is 0.176 e. The average molecular weight is 259 g/mol. The van der Waals surface area contributed by atoms with Crippen LogP contribution in [0.15, 0.2) is 30.3 Å². The van der Waals surface area contributed by atoms with Gasteiger partial charge in [0, 0.05) is 24.0 Å². The number of halogens is 1. The molecule has 0 bridgehead atoms. The van der Waals surface area contributed by atoms with Crippen molar-refractivity contribution in [3.63, 3.8) is 0 Å². The van der Waals surface area contributed by atoms with Gasteiger partial charge in [0.05, 0.1) is 0 Å². The molecule has 3 heteroatoms. The average Bonchev–Trinajstić information content (AvgIpc) is 2.77. The van der Waals surface area contributed by atoms with Crippen LogP contribution in [-0.4, -0.2) is 11.4 Å². The molecule has 0 fully saturated rings. The SMILES string of the molecule is Fc1cc2c(s1)CCN1Cc3ccccc3CC21. The van der Waals surface area contributed by atoms with E-state index in [1.54, 1.807) is 6.07 Å². The predicted octanol–water partition coefficient (Wildman–Crippen LogP) is 3.54. The zero-order valence-electron chi connectivity index (χ0n) is 10.0. The van der Waals surface area contributed by atoms with E-state index in [0.29, 0.717) is 6.04 Å². The van der Waals surface area contributed by atoms with Gasteiger partial charge in [-0.2, -0.15) is 4.39 Å². The first kappa shape index (κ1) is 10.7. The van der Waals surface area contributed by atoms with Crippen molar-refractivity contribution >= 4 is 11.3 Å². The third kappa shape index (κ3) is 1.54. The van der Waals surface area contributed by atoms with E-state index in [1.807, 2.05) is 0 Å². The van der Waals surface area contributed by atoms with Gasteiger partial charge >= 0.3 is 0 Å². The van der Waals surface area contributed by atoms with E-state index in [1.165, 1.54) is 32.9 Å². The van der Waals surface area contributed by atoms with E-state index in [0.717, 1.165) is 25.9 Å². The molecule has 18 heavy (non-hydrogen) atoms. The topological polar surface area (TPSA) is 3.24 Å². The second-order valence-electron chi connectivity index (χ2n) is 5.14. The fourth-order valence-corrected chi connectivity index (χ4v) is 4.18. The molecular formula is C15H14FNS. The van der Waals surface area contributed by atoms with Gasteiger partial charge in [-0.1, -0.05) is 24.3 Å². The lowest BCUT2D eigenvalue weighted by atomic mass is 9.87. The Morgan fingerprint density at radius 2 is 2.06 bits per heavy atom. The fourth-order valence-electron chi connectivity index (χ4n) is 3.25. The number of fused-ring (bicyclic) bond motifs is 4. The van der Waals surface area contributed by atoms with Crippen LogP contribution in [0.25, 0.3) is 0 Å². The Balaban J connectivity index is 1.78. The Morgan fingerprint density at radius 1 is 1.22 bits per heavy atom. The Kier molecular flexibility index (Phi) is 2.32. The largest absolute Gasteiger partial charge is 0.291 e. The van der Waals surface area contributed by atoms with Gasteiger partial charge in [0.1, 0.15) is 0 Å². The molecule has 2 aliphatic rings. The van der Waals surface area contributed by atoms with Gasteiger partial charge in [-0.3, -0.25) is 4.90 Å². The monoisotopic (exact) mass is 259 g/mol. The zero-order valence-corrected chi connectivity index (χ0v) is 10.8. The van der Waals surface area contributed by atoms with Crippen LogP contribution in [0, 0.1) is 5.13 Å². The Bertz CT molecular complexity index is 604. The Labute approximate surface area is 110 Å². The summed E-state index contributed by atoms with van der Waals surface area (Å²) < 4.78 is 13.4. The highest BCUT2D eigenvalue weighted by Crippen LogP contribution is 2.40. The summed E-state index contributed by atoms with van der Waals surface area (Å²) in [6.45, 7) is 2.07. The lowest BCUT2D eigenvalue weighted by Crippen LogP contribution is -2.38. The standard InChI is InChI=1S/C15H14FNS/c16-15-8-12-13-7-10-3-1-2-4-11(10)9-17(13)6-5-14(12)18-15/h1-4,8,13H,5-7,9H2. The van der Waals surface area contributed by atoms with Crippen LogP contribution in [0.3, 0.4) is 0 Å². The summed E-state index contributed by atoms with van der Waals surface area (Å²) in [4.78, 5) is 3.75. The maximum Gasteiger partial charge on any atom is 0.176 e. The minimum absolute atomic E-state index is 0.0271. The highest BCUT2D eigenvalue weighted by molar-refractivity contribution is 7.10. The molecule has 0 spiro atoms. The van der Waals surface area contributed by atoms with E-state index in [9.17, 15) is 4.39 Å². The van der Waals surface area contributed by atoms with E-state index in [-0.39, 0.29) is 5.13 Å². The molecule has 1 nitrogen and oxygen atoms in total. The number of rotatable bonds is 0. The van der Waals surface area contributed by atoms with Crippen LogP contribution in [0.5, 0.6) is 0 Å². The fraction of sp³-hybridized carbons (Fsp3) is 0.333. The van der Waals surface area contributed by atoms with E-state index >= 15 is 0 Å². The summed E-state index contributed by atoms with van der Waals surface area (Å²) in [6.07, 6.45) is 2.03. The number of nitrogens with zero attached hydrogens (tertiary/aromatic N) is 1. The van der Waals surface area contributed by atoms with Crippen LogP contribution in [0.1, 0.15) is 27.6 Å². The van der Waals surface area contributed by atoms with E-state index in [2.05, 4.69) is 29.2 Å². The highest BCUT2D eigenvalue weighted by atomic mass is 32.1. The third-order valence-electron chi connectivity index (χ3n) is 4.14. The van der Waals surface area contributed by atoms with Crippen molar-refractivity contribution in [2.75, 3.05) is 6.54 Å². The Morgan fingerprint density at radius 3 is 2.94 bits per heavy atom. The highest BCUT2D eigenvalue weighted by Gasteiger charge is 2.33. The third-order valence-corrected chi connectivity index (χ3v) is 5.14. The summed E-state index contributed by atoms with van der Waals surface area (Å²) in [5.41, 5.74) is 4.10. The molecule has 0 saturated carbocycles. The van der Waals surface area contributed by atoms with Crippen LogP contribution in [-0.2, 0) is 19.4 Å². The number of thiophene rings is 1. The van der Waals surface area contributed by atoms with Gasteiger partial charge in [0.15, 0.2) is 5.13 Å². The number of hydrogen-bond acceptors (Lipinski definition) is 2. The number of hydrogen-bond donors (Lipinski definition) is 0. The van der Waals surface area contributed by atoms with Crippen molar-refractivity contribution in [3.8, 4) is 0 Å². The molecule has 1 unspecified atom stereocenters. The minimum Gasteiger partial charge on any atom is -0.291 e. The second-order valence-corrected chi connectivity index (χ2v) is 6.23. The van der Waals surface area contributed by atoms with Gasteiger partial charge < -0.3 is 0 Å². The van der Waals surface area contributed by atoms with Crippen LogP contribution in [0.2, 0.25) is 0 Å². The van der Waals surface area contributed by atoms with Gasteiger partial charge in [-0.15, -0.1) is 11.3 Å². The van der Waals surface area contributed by atoms with Crippen LogP contribution < -0.4 is 0 Å². The van der Waals surface area contributed by atoms with Gasteiger partial charge in [-0.05, 0) is 35.6 Å². The summed E-state index contributed by atoms with van der Waals surface area (Å²) in [5, 5.41) is -0.0271. The van der Waals surface area contributed by atoms with Gasteiger partial charge in [-0.25, -0.2) is 0 Å². The maximum atomic E-state index is 13.4. The first-order valence-corrected chi connectivity index (χ1v) is 7.22. The van der Waals surface area contributed by atoms with Crippen LogP contribution in [0.4, 0.5) is 4.39 Å².